The van der Waals surface area contributed by atoms with Crippen LogP contribution in [0.2, 0.25) is 0 Å². The number of nitrogens with zero attached hydrogens (tertiary/aromatic N) is 2. The molecule has 0 saturated carbocycles. The van der Waals surface area contributed by atoms with Crippen LogP contribution in [0.15, 0.2) is 18.2 Å². The Balaban J connectivity index is 1.74. The van der Waals surface area contributed by atoms with Gasteiger partial charge in [-0.1, -0.05) is 0 Å². The number of aromatic amines is 1. The minimum atomic E-state index is 0.212. The van der Waals surface area contributed by atoms with Crippen LogP contribution in [0.3, 0.4) is 0 Å². The summed E-state index contributed by atoms with van der Waals surface area (Å²) in [6.45, 7) is 0.448. The van der Waals surface area contributed by atoms with Crippen LogP contribution in [0, 0.1) is 4.77 Å². The maximum Gasteiger partial charge on any atom is 0.231 e. The Labute approximate surface area is 107 Å². The highest BCUT2D eigenvalue weighted by molar-refractivity contribution is 7.71. The summed E-state index contributed by atoms with van der Waals surface area (Å²) in [7, 11) is 0. The third-order valence-corrected chi connectivity index (χ3v) is 2.78. The molecule has 0 saturated heterocycles. The normalized spacial score (nSPS) is 12.7. The van der Waals surface area contributed by atoms with E-state index in [0.717, 1.165) is 0 Å². The molecule has 3 rings (SSSR count). The second-order valence-corrected chi connectivity index (χ2v) is 4.01. The zero-order chi connectivity index (χ0) is 12.5. The molecular weight excluding hydrogens is 256 g/mol. The molecule has 2 aromatic rings. The molecule has 0 atom stereocenters. The number of fused-ring (bicyclic) bond motifs is 1. The number of nitrogens with one attached hydrogen (secondary N) is 1. The quantitative estimate of drug-likeness (QED) is 0.635. The average Bonchev–Trinajstić information content (AvgIpc) is 2.96. The van der Waals surface area contributed by atoms with E-state index in [1.807, 2.05) is 0 Å². The molecule has 3 N–H and O–H groups in total. The Bertz CT molecular complexity index is 636. The first-order valence-corrected chi connectivity index (χ1v) is 5.58. The Hall–Kier alpha value is -2.22. The largest absolute Gasteiger partial charge is 0.485 e. The summed E-state index contributed by atoms with van der Waals surface area (Å²) in [5.74, 6) is 8.19. The van der Waals surface area contributed by atoms with Gasteiger partial charge in [0.1, 0.15) is 12.4 Å². The molecule has 1 aliphatic heterocycles. The van der Waals surface area contributed by atoms with Crippen molar-refractivity contribution in [3.63, 3.8) is 0 Å². The van der Waals surface area contributed by atoms with Crippen LogP contribution < -0.4 is 20.1 Å². The maximum atomic E-state index is 5.65. The lowest BCUT2D eigenvalue weighted by Gasteiger charge is -2.06. The van der Waals surface area contributed by atoms with E-state index in [1.165, 1.54) is 4.68 Å². The lowest BCUT2D eigenvalue weighted by atomic mass is 10.3. The zero-order valence-electron chi connectivity index (χ0n) is 9.25. The Morgan fingerprint density at radius 3 is 3.06 bits per heavy atom. The molecule has 94 valence electrons. The van der Waals surface area contributed by atoms with Crippen molar-refractivity contribution in [2.75, 3.05) is 12.6 Å². The summed E-state index contributed by atoms with van der Waals surface area (Å²) in [6, 6.07) is 5.33. The predicted octanol–water partition coefficient (Wildman–Crippen LogP) is 0.962. The summed E-state index contributed by atoms with van der Waals surface area (Å²) < 4.78 is 17.6. The summed E-state index contributed by atoms with van der Waals surface area (Å²) in [5, 5.41) is 6.52. The van der Waals surface area contributed by atoms with Gasteiger partial charge in [-0.2, -0.15) is 5.10 Å². The van der Waals surface area contributed by atoms with Crippen LogP contribution in [0.1, 0.15) is 5.82 Å². The van der Waals surface area contributed by atoms with E-state index in [9.17, 15) is 0 Å². The van der Waals surface area contributed by atoms with E-state index >= 15 is 0 Å². The van der Waals surface area contributed by atoms with Gasteiger partial charge in [0.15, 0.2) is 17.3 Å². The number of rotatable bonds is 3. The van der Waals surface area contributed by atoms with Crippen LogP contribution >= 0.6 is 12.2 Å². The Morgan fingerprint density at radius 1 is 1.44 bits per heavy atom. The molecule has 0 fully saturated rings. The zero-order valence-corrected chi connectivity index (χ0v) is 10.1. The lowest BCUT2D eigenvalue weighted by Crippen LogP contribution is -2.14. The van der Waals surface area contributed by atoms with E-state index in [2.05, 4.69) is 10.2 Å². The minimum Gasteiger partial charge on any atom is -0.485 e. The fourth-order valence-corrected chi connectivity index (χ4v) is 1.70. The number of aromatic nitrogens is 3. The highest BCUT2D eigenvalue weighted by Gasteiger charge is 2.14. The second-order valence-electron chi connectivity index (χ2n) is 3.62. The predicted molar refractivity (Wildman–Crippen MR) is 64.5 cm³/mol. The molecule has 7 nitrogen and oxygen atoms in total. The van der Waals surface area contributed by atoms with E-state index in [-0.39, 0.29) is 13.4 Å². The van der Waals surface area contributed by atoms with Gasteiger partial charge in [0, 0.05) is 6.07 Å². The van der Waals surface area contributed by atoms with Crippen molar-refractivity contribution in [3.05, 3.63) is 28.8 Å². The molecule has 2 heterocycles. The van der Waals surface area contributed by atoms with Gasteiger partial charge in [-0.25, -0.2) is 4.68 Å². The van der Waals surface area contributed by atoms with E-state index in [0.29, 0.717) is 27.8 Å². The van der Waals surface area contributed by atoms with E-state index in [4.69, 9.17) is 32.3 Å². The van der Waals surface area contributed by atoms with Gasteiger partial charge in [-0.3, -0.25) is 5.10 Å². The van der Waals surface area contributed by atoms with Gasteiger partial charge in [0.25, 0.3) is 0 Å². The topological polar surface area (TPSA) is 87.3 Å². The minimum absolute atomic E-state index is 0.212. The summed E-state index contributed by atoms with van der Waals surface area (Å²) in [4.78, 5) is 0. The molecule has 18 heavy (non-hydrogen) atoms. The molecule has 0 unspecified atom stereocenters. The number of benzene rings is 1. The fraction of sp³-hybridized carbons (Fsp3) is 0.200. The fourth-order valence-electron chi connectivity index (χ4n) is 1.55. The monoisotopic (exact) mass is 266 g/mol. The maximum absolute atomic E-state index is 5.65. The van der Waals surface area contributed by atoms with Gasteiger partial charge >= 0.3 is 0 Å². The molecule has 1 aromatic carbocycles. The molecule has 8 heteroatoms. The standard InChI is InChI=1S/C10H10N4O3S/c11-14-9(12-13-10(14)18)4-15-6-1-2-7-8(3-6)17-5-16-7/h1-3H,4-5,11H2,(H,13,18). The number of H-pyrrole nitrogens is 1. The molecule has 1 aliphatic rings. The van der Waals surface area contributed by atoms with Gasteiger partial charge in [-0.05, 0) is 24.4 Å². The summed E-state index contributed by atoms with van der Waals surface area (Å²) in [5.41, 5.74) is 0. The third-order valence-electron chi connectivity index (χ3n) is 2.49. The van der Waals surface area contributed by atoms with Crippen molar-refractivity contribution >= 4 is 12.2 Å². The Kier molecular flexibility index (Phi) is 2.56. The lowest BCUT2D eigenvalue weighted by molar-refractivity contribution is 0.173. The molecule has 1 aromatic heterocycles. The van der Waals surface area contributed by atoms with Crippen LogP contribution in [0.25, 0.3) is 0 Å². The number of ether oxygens (including phenoxy) is 3. The van der Waals surface area contributed by atoms with E-state index in [1.54, 1.807) is 18.2 Å². The summed E-state index contributed by atoms with van der Waals surface area (Å²) >= 11 is 4.90. The van der Waals surface area contributed by atoms with Gasteiger partial charge in [0.2, 0.25) is 11.6 Å². The van der Waals surface area contributed by atoms with Crippen molar-refractivity contribution < 1.29 is 14.2 Å². The first-order chi connectivity index (χ1) is 8.74. The van der Waals surface area contributed by atoms with Crippen LogP contribution in [-0.2, 0) is 6.61 Å². The highest BCUT2D eigenvalue weighted by atomic mass is 32.1. The van der Waals surface area contributed by atoms with E-state index < -0.39 is 0 Å². The van der Waals surface area contributed by atoms with Crippen LogP contribution in [0.4, 0.5) is 0 Å². The van der Waals surface area contributed by atoms with Crippen molar-refractivity contribution in [2.24, 2.45) is 0 Å². The van der Waals surface area contributed by atoms with Gasteiger partial charge in [-0.15, -0.1) is 0 Å². The molecule has 0 aliphatic carbocycles. The van der Waals surface area contributed by atoms with Crippen LogP contribution in [0.5, 0.6) is 17.2 Å². The SMILES string of the molecule is Nn1c(COc2ccc3c(c2)OCO3)n[nH]c1=S. The molecule has 0 bridgehead atoms. The molecular formula is C10H10N4O3S. The first kappa shape index (κ1) is 10.9. The molecule has 0 amide bonds. The molecule has 0 radical (unpaired) electrons. The average molecular weight is 266 g/mol. The number of hydrogen-bond acceptors (Lipinski definition) is 6. The van der Waals surface area contributed by atoms with Gasteiger partial charge in [0.05, 0.1) is 0 Å². The smallest absolute Gasteiger partial charge is 0.231 e. The van der Waals surface area contributed by atoms with Gasteiger partial charge < -0.3 is 20.1 Å². The third kappa shape index (κ3) is 1.86. The number of nitrogen functional groups attached to an aromatic ring is 1. The highest BCUT2D eigenvalue weighted by Crippen LogP contribution is 2.35. The second kappa shape index (κ2) is 4.22. The molecule has 0 spiro atoms. The Morgan fingerprint density at radius 2 is 2.28 bits per heavy atom. The first-order valence-electron chi connectivity index (χ1n) is 5.18. The summed E-state index contributed by atoms with van der Waals surface area (Å²) in [6.07, 6.45) is 0. The number of hydrogen-bond donors (Lipinski definition) is 2. The number of nitrogens with two attached hydrogens (primary N) is 1. The van der Waals surface area contributed by atoms with Crippen molar-refractivity contribution in [1.82, 2.24) is 14.9 Å². The van der Waals surface area contributed by atoms with Crippen molar-refractivity contribution in [3.8, 4) is 17.2 Å². The van der Waals surface area contributed by atoms with Crippen LogP contribution in [-0.4, -0.2) is 21.7 Å². The van der Waals surface area contributed by atoms with Crippen molar-refractivity contribution in [2.45, 2.75) is 6.61 Å². The van der Waals surface area contributed by atoms with Crippen molar-refractivity contribution in [1.29, 1.82) is 0 Å².